The average molecular weight is 249 g/mol. The molecule has 1 saturated heterocycles. The molecule has 1 aromatic rings. The third-order valence-electron chi connectivity index (χ3n) is 3.20. The lowest BCUT2D eigenvalue weighted by molar-refractivity contribution is -0.120. The van der Waals surface area contributed by atoms with Gasteiger partial charge >= 0.3 is 0 Å². The number of benzene rings is 1. The summed E-state index contributed by atoms with van der Waals surface area (Å²) < 4.78 is 5.27. The molecule has 2 N–H and O–H groups in total. The Labute approximate surface area is 107 Å². The van der Waals surface area contributed by atoms with Gasteiger partial charge in [0.1, 0.15) is 5.75 Å². The van der Waals surface area contributed by atoms with Crippen molar-refractivity contribution < 1.29 is 14.6 Å². The Kier molecular flexibility index (Phi) is 4.59. The molecule has 4 heteroatoms. The molecule has 1 aliphatic heterocycles. The first-order valence-electron chi connectivity index (χ1n) is 6.36. The van der Waals surface area contributed by atoms with E-state index in [2.05, 4.69) is 5.32 Å². The Morgan fingerprint density at radius 1 is 1.39 bits per heavy atom. The monoisotopic (exact) mass is 249 g/mol. The molecule has 98 valence electrons. The second kappa shape index (κ2) is 6.40. The minimum absolute atomic E-state index is 0.00657. The molecular weight excluding hydrogens is 230 g/mol. The minimum Gasteiger partial charge on any atom is -0.508 e. The molecule has 0 spiro atoms. The van der Waals surface area contributed by atoms with Crippen molar-refractivity contribution in [2.24, 2.45) is 5.92 Å². The first kappa shape index (κ1) is 12.9. The van der Waals surface area contributed by atoms with Crippen molar-refractivity contribution in [2.75, 3.05) is 19.8 Å². The van der Waals surface area contributed by atoms with Crippen LogP contribution in [-0.4, -0.2) is 30.8 Å². The maximum atomic E-state index is 11.7. The lowest BCUT2D eigenvalue weighted by Crippen LogP contribution is -2.33. The summed E-state index contributed by atoms with van der Waals surface area (Å²) in [4.78, 5) is 11.7. The average Bonchev–Trinajstić information content (AvgIpc) is 2.38. The van der Waals surface area contributed by atoms with Crippen molar-refractivity contribution in [3.63, 3.8) is 0 Å². The van der Waals surface area contributed by atoms with Crippen LogP contribution < -0.4 is 5.32 Å². The molecule has 0 bridgehead atoms. The van der Waals surface area contributed by atoms with Gasteiger partial charge in [-0.2, -0.15) is 0 Å². The smallest absolute Gasteiger partial charge is 0.224 e. The number of carbonyl (C=O) groups excluding carboxylic acids is 1. The van der Waals surface area contributed by atoms with E-state index in [-0.39, 0.29) is 11.7 Å². The van der Waals surface area contributed by atoms with Gasteiger partial charge in [-0.1, -0.05) is 12.1 Å². The van der Waals surface area contributed by atoms with Gasteiger partial charge in [-0.3, -0.25) is 4.79 Å². The van der Waals surface area contributed by atoms with Crippen LogP contribution in [0.1, 0.15) is 18.4 Å². The molecule has 1 aromatic carbocycles. The van der Waals surface area contributed by atoms with Gasteiger partial charge in [-0.15, -0.1) is 0 Å². The summed E-state index contributed by atoms with van der Waals surface area (Å²) >= 11 is 0. The molecule has 0 saturated carbocycles. The van der Waals surface area contributed by atoms with Crippen molar-refractivity contribution in [1.82, 2.24) is 5.32 Å². The SMILES string of the molecule is O=C(Cc1cccc(O)c1)NCC1CCOCC1. The van der Waals surface area contributed by atoms with Gasteiger partial charge in [0.05, 0.1) is 6.42 Å². The Hall–Kier alpha value is -1.55. The van der Waals surface area contributed by atoms with Crippen LogP contribution in [-0.2, 0) is 16.0 Å². The summed E-state index contributed by atoms with van der Waals surface area (Å²) in [5, 5.41) is 12.3. The molecule has 1 aliphatic rings. The van der Waals surface area contributed by atoms with E-state index in [1.807, 2.05) is 6.07 Å². The highest BCUT2D eigenvalue weighted by molar-refractivity contribution is 5.78. The zero-order chi connectivity index (χ0) is 12.8. The first-order chi connectivity index (χ1) is 8.74. The van der Waals surface area contributed by atoms with E-state index in [9.17, 15) is 9.90 Å². The van der Waals surface area contributed by atoms with Crippen LogP contribution in [0.3, 0.4) is 0 Å². The van der Waals surface area contributed by atoms with E-state index in [4.69, 9.17) is 4.74 Å². The van der Waals surface area contributed by atoms with E-state index in [0.717, 1.165) is 38.2 Å². The number of phenolic OH excluding ortho intramolecular Hbond substituents is 1. The van der Waals surface area contributed by atoms with Gasteiger partial charge in [0, 0.05) is 19.8 Å². The van der Waals surface area contributed by atoms with Crippen molar-refractivity contribution in [3.05, 3.63) is 29.8 Å². The topological polar surface area (TPSA) is 58.6 Å². The zero-order valence-corrected chi connectivity index (χ0v) is 10.4. The number of hydrogen-bond donors (Lipinski definition) is 2. The van der Waals surface area contributed by atoms with Crippen LogP contribution in [0.4, 0.5) is 0 Å². The summed E-state index contributed by atoms with van der Waals surface area (Å²) in [6.45, 7) is 2.32. The number of phenols is 1. The summed E-state index contributed by atoms with van der Waals surface area (Å²) in [7, 11) is 0. The van der Waals surface area contributed by atoms with Crippen LogP contribution in [0.15, 0.2) is 24.3 Å². The van der Waals surface area contributed by atoms with Crippen LogP contribution in [0.25, 0.3) is 0 Å². The highest BCUT2D eigenvalue weighted by atomic mass is 16.5. The molecule has 0 radical (unpaired) electrons. The summed E-state index contributed by atoms with van der Waals surface area (Å²) in [6, 6.07) is 6.81. The van der Waals surface area contributed by atoms with E-state index >= 15 is 0 Å². The Morgan fingerprint density at radius 3 is 2.89 bits per heavy atom. The zero-order valence-electron chi connectivity index (χ0n) is 10.4. The lowest BCUT2D eigenvalue weighted by Gasteiger charge is -2.22. The predicted molar refractivity (Wildman–Crippen MR) is 68.4 cm³/mol. The molecular formula is C14H19NO3. The van der Waals surface area contributed by atoms with E-state index in [0.29, 0.717) is 12.3 Å². The number of nitrogens with one attached hydrogen (secondary N) is 1. The Balaban J connectivity index is 1.74. The maximum Gasteiger partial charge on any atom is 0.224 e. The van der Waals surface area contributed by atoms with Gasteiger partial charge in [0.25, 0.3) is 0 Å². The second-order valence-corrected chi connectivity index (χ2v) is 4.71. The van der Waals surface area contributed by atoms with E-state index in [1.165, 1.54) is 0 Å². The first-order valence-corrected chi connectivity index (χ1v) is 6.36. The van der Waals surface area contributed by atoms with Crippen molar-refractivity contribution in [2.45, 2.75) is 19.3 Å². The molecule has 1 amide bonds. The van der Waals surface area contributed by atoms with Crippen molar-refractivity contribution in [3.8, 4) is 5.75 Å². The van der Waals surface area contributed by atoms with E-state index in [1.54, 1.807) is 18.2 Å². The molecule has 0 aromatic heterocycles. The van der Waals surface area contributed by atoms with Gasteiger partial charge < -0.3 is 15.2 Å². The fourth-order valence-electron chi connectivity index (χ4n) is 2.12. The third kappa shape index (κ3) is 4.04. The normalized spacial score (nSPS) is 16.4. The Bertz CT molecular complexity index is 400. The highest BCUT2D eigenvalue weighted by Gasteiger charge is 2.14. The molecule has 1 fully saturated rings. The summed E-state index contributed by atoms with van der Waals surface area (Å²) in [5.74, 6) is 0.740. The number of ether oxygens (including phenoxy) is 1. The van der Waals surface area contributed by atoms with Gasteiger partial charge in [-0.05, 0) is 36.5 Å². The quantitative estimate of drug-likeness (QED) is 0.849. The molecule has 18 heavy (non-hydrogen) atoms. The third-order valence-corrected chi connectivity index (χ3v) is 3.20. The number of carbonyl (C=O) groups is 1. The number of amides is 1. The van der Waals surface area contributed by atoms with Gasteiger partial charge in [0.2, 0.25) is 5.91 Å². The molecule has 0 atom stereocenters. The maximum absolute atomic E-state index is 11.7. The molecule has 2 rings (SSSR count). The minimum atomic E-state index is 0.00657. The van der Waals surface area contributed by atoms with Crippen LogP contribution in [0.2, 0.25) is 0 Å². The number of rotatable bonds is 4. The van der Waals surface area contributed by atoms with Gasteiger partial charge in [-0.25, -0.2) is 0 Å². The molecule has 0 aliphatic carbocycles. The molecule has 1 heterocycles. The summed E-state index contributed by atoms with van der Waals surface area (Å²) in [6.07, 6.45) is 2.36. The van der Waals surface area contributed by atoms with Crippen molar-refractivity contribution >= 4 is 5.91 Å². The second-order valence-electron chi connectivity index (χ2n) is 4.71. The lowest BCUT2D eigenvalue weighted by atomic mass is 10.0. The predicted octanol–water partition coefficient (Wildman–Crippen LogP) is 1.48. The fraction of sp³-hybridized carbons (Fsp3) is 0.500. The summed E-state index contributed by atoms with van der Waals surface area (Å²) in [5.41, 5.74) is 0.833. The van der Waals surface area contributed by atoms with Crippen LogP contribution >= 0.6 is 0 Å². The fourth-order valence-corrected chi connectivity index (χ4v) is 2.12. The molecule has 0 unspecified atom stereocenters. The number of hydrogen-bond acceptors (Lipinski definition) is 3. The van der Waals surface area contributed by atoms with Crippen molar-refractivity contribution in [1.29, 1.82) is 0 Å². The molecule has 4 nitrogen and oxygen atoms in total. The van der Waals surface area contributed by atoms with Crippen LogP contribution in [0.5, 0.6) is 5.75 Å². The Morgan fingerprint density at radius 2 is 2.17 bits per heavy atom. The standard InChI is InChI=1S/C14H19NO3/c16-13-3-1-2-12(8-13)9-14(17)15-10-11-4-6-18-7-5-11/h1-3,8,11,16H,4-7,9-10H2,(H,15,17). The van der Waals surface area contributed by atoms with Gasteiger partial charge in [0.15, 0.2) is 0 Å². The largest absolute Gasteiger partial charge is 0.508 e. The highest BCUT2D eigenvalue weighted by Crippen LogP contribution is 2.14. The number of aromatic hydroxyl groups is 1. The van der Waals surface area contributed by atoms with Crippen LogP contribution in [0, 0.1) is 5.92 Å². The van der Waals surface area contributed by atoms with E-state index < -0.39 is 0 Å².